The minimum absolute atomic E-state index is 1.32. The summed E-state index contributed by atoms with van der Waals surface area (Å²) in [6, 6.07) is 0. The fourth-order valence-electron chi connectivity index (χ4n) is 2.06. The first-order chi connectivity index (χ1) is 10.0. The minimum atomic E-state index is -1.79. The summed E-state index contributed by atoms with van der Waals surface area (Å²) in [7, 11) is 2.45. The first-order valence-corrected chi connectivity index (χ1v) is 8.25. The van der Waals surface area contributed by atoms with Crippen molar-refractivity contribution in [1.82, 2.24) is 0 Å². The van der Waals surface area contributed by atoms with Crippen LogP contribution in [0, 0.1) is 33.7 Å². The lowest BCUT2D eigenvalue weighted by atomic mass is 9.55. The van der Waals surface area contributed by atoms with Gasteiger partial charge in [0.1, 0.15) is 0 Å². The highest BCUT2D eigenvalue weighted by atomic mass is 15.3. The van der Waals surface area contributed by atoms with Gasteiger partial charge in [-0.3, -0.25) is 0 Å². The molecule has 0 N–H and O–H groups in total. The molecule has 0 heterocycles. The molecule has 0 radical (unpaired) electrons. The van der Waals surface area contributed by atoms with E-state index < -0.39 is 6.71 Å². The highest BCUT2D eigenvalue weighted by Gasteiger charge is 2.18. The zero-order valence-corrected chi connectivity index (χ0v) is 14.4. The number of unbranched alkanes of at least 4 members (excludes halogenated alkanes) is 3. The summed E-state index contributed by atoms with van der Waals surface area (Å²) in [5, 5.41) is 23.6. The molecule has 0 saturated heterocycles. The van der Waals surface area contributed by atoms with E-state index in [0.717, 1.165) is 0 Å². The van der Waals surface area contributed by atoms with Crippen molar-refractivity contribution >= 4 is 6.71 Å². The lowest BCUT2D eigenvalue weighted by Gasteiger charge is -2.34. The Morgan fingerprint density at radius 2 is 1.00 bits per heavy atom. The fourth-order valence-corrected chi connectivity index (χ4v) is 2.06. The first-order valence-electron chi connectivity index (χ1n) is 8.25. The van der Waals surface area contributed by atoms with Crippen molar-refractivity contribution in [3.8, 4) is 17.9 Å². The average Bonchev–Trinajstić information content (AvgIpc) is 2.51. The van der Waals surface area contributed by atoms with Crippen LogP contribution in [0.4, 0.5) is 0 Å². The summed E-state index contributed by atoms with van der Waals surface area (Å²) in [5.74, 6) is 4.69. The van der Waals surface area contributed by atoms with E-state index in [-0.39, 0.29) is 0 Å². The zero-order chi connectivity index (χ0) is 16.6. The van der Waals surface area contributed by atoms with Gasteiger partial charge in [-0.1, -0.05) is 40.0 Å². The molecule has 0 aromatic carbocycles. The van der Waals surface area contributed by atoms with Crippen molar-refractivity contribution in [2.24, 2.45) is 0 Å². The molecule has 0 rings (SSSR count). The Balaban J connectivity index is 0. The molecule has 118 valence electrons. The van der Waals surface area contributed by atoms with Gasteiger partial charge in [-0.25, -0.2) is 15.8 Å². The molecule has 0 spiro atoms. The van der Waals surface area contributed by atoms with Crippen molar-refractivity contribution in [1.29, 1.82) is 15.8 Å². The Bertz CT molecular complexity index is 307. The highest BCUT2D eigenvalue weighted by molar-refractivity contribution is 6.81. The van der Waals surface area contributed by atoms with Crippen LogP contribution in [0.2, 0.25) is 0 Å². The van der Waals surface area contributed by atoms with E-state index in [1.54, 1.807) is 17.9 Å². The molecule has 0 unspecified atom stereocenters. The van der Waals surface area contributed by atoms with E-state index in [1.165, 1.54) is 62.6 Å². The van der Waals surface area contributed by atoms with Gasteiger partial charge in [-0.05, 0) is 19.3 Å². The molecule has 0 amide bonds. The van der Waals surface area contributed by atoms with Gasteiger partial charge in [0.15, 0.2) is 0 Å². The second kappa shape index (κ2) is 14.9. The Morgan fingerprint density at radius 1 is 0.714 bits per heavy atom. The maximum absolute atomic E-state index is 7.87. The maximum atomic E-state index is 7.87. The monoisotopic (exact) mass is 290 g/mol. The van der Waals surface area contributed by atoms with Crippen LogP contribution in [0.5, 0.6) is 0 Å². The Kier molecular flexibility index (Phi) is 15.5. The van der Waals surface area contributed by atoms with Crippen molar-refractivity contribution in [2.45, 2.75) is 59.3 Å². The molecule has 0 fully saturated rings. The zero-order valence-electron chi connectivity index (χ0n) is 14.4. The third-order valence-corrected chi connectivity index (χ3v) is 3.63. The lowest BCUT2D eigenvalue weighted by molar-refractivity contribution is -0.910. The third kappa shape index (κ3) is 13.2. The van der Waals surface area contributed by atoms with Gasteiger partial charge in [0.2, 0.25) is 0 Å². The average molecular weight is 290 g/mol. The predicted octanol–water partition coefficient (Wildman–Crippen LogP) is 3.24. The van der Waals surface area contributed by atoms with E-state index in [0.29, 0.717) is 0 Å². The molecule has 21 heavy (non-hydrogen) atoms. The van der Waals surface area contributed by atoms with Crippen LogP contribution in [-0.4, -0.2) is 37.9 Å². The quantitative estimate of drug-likeness (QED) is 0.483. The van der Waals surface area contributed by atoms with Gasteiger partial charge in [0.25, 0.3) is 6.71 Å². The Labute approximate surface area is 131 Å². The number of rotatable bonds is 9. The summed E-state index contributed by atoms with van der Waals surface area (Å²) in [6.45, 7) is 9.25. The van der Waals surface area contributed by atoms with Crippen LogP contribution in [-0.2, 0) is 0 Å². The van der Waals surface area contributed by atoms with Gasteiger partial charge in [-0.2, -0.15) is 0 Å². The summed E-state index contributed by atoms with van der Waals surface area (Å²) >= 11 is 0. The first kappa shape index (κ1) is 21.8. The molecule has 0 aliphatic rings. The van der Waals surface area contributed by atoms with Crippen molar-refractivity contribution < 1.29 is 4.48 Å². The standard InChI is InChI=1S/C13H30N.C3HBN3/c1-5-8-11-14(4,12-9-6-2)13-10-7-3;5-1-4(2-6)3-7/h5-13H2,1-4H3;4H/q+1;-1. The summed E-state index contributed by atoms with van der Waals surface area (Å²) < 4.78 is 1.32. The molecule has 0 atom stereocenters. The molecular weight excluding hydrogens is 259 g/mol. The Hall–Kier alpha value is -1.51. The van der Waals surface area contributed by atoms with Gasteiger partial charge >= 0.3 is 0 Å². The predicted molar refractivity (Wildman–Crippen MR) is 89.5 cm³/mol. The molecule has 0 aliphatic carbocycles. The number of quaternary nitrogens is 1. The third-order valence-electron chi connectivity index (χ3n) is 3.63. The normalized spacial score (nSPS) is 10.0. The SMILES string of the molecule is CCCC[N+](C)(CCCC)CCCC.N#C[BH-](C#N)C#N. The van der Waals surface area contributed by atoms with Crippen LogP contribution < -0.4 is 0 Å². The largest absolute Gasteiger partial charge is 0.326 e. The molecule has 0 saturated carbocycles. The highest BCUT2D eigenvalue weighted by Crippen LogP contribution is 2.10. The van der Waals surface area contributed by atoms with E-state index in [4.69, 9.17) is 15.8 Å². The molecule has 0 bridgehead atoms. The number of nitrogens with zero attached hydrogens (tertiary/aromatic N) is 4. The van der Waals surface area contributed by atoms with Crippen LogP contribution >= 0.6 is 0 Å². The van der Waals surface area contributed by atoms with Crippen molar-refractivity contribution in [2.75, 3.05) is 26.7 Å². The summed E-state index contributed by atoms with van der Waals surface area (Å²) in [4.78, 5) is 0. The second-order valence-corrected chi connectivity index (χ2v) is 5.86. The maximum Gasteiger partial charge on any atom is 0.286 e. The van der Waals surface area contributed by atoms with Gasteiger partial charge in [0, 0.05) is 0 Å². The molecule has 0 aromatic rings. The Morgan fingerprint density at radius 3 is 1.14 bits per heavy atom. The lowest BCUT2D eigenvalue weighted by Crippen LogP contribution is -2.46. The van der Waals surface area contributed by atoms with Crippen molar-refractivity contribution in [3.05, 3.63) is 0 Å². The van der Waals surface area contributed by atoms with Gasteiger partial charge in [-0.15, -0.1) is 17.9 Å². The van der Waals surface area contributed by atoms with E-state index in [9.17, 15) is 0 Å². The van der Waals surface area contributed by atoms with Crippen LogP contribution in [0.1, 0.15) is 59.3 Å². The van der Waals surface area contributed by atoms with E-state index >= 15 is 0 Å². The van der Waals surface area contributed by atoms with Gasteiger partial charge < -0.3 is 4.48 Å². The minimum Gasteiger partial charge on any atom is -0.326 e. The van der Waals surface area contributed by atoms with Crippen molar-refractivity contribution in [3.63, 3.8) is 0 Å². The van der Waals surface area contributed by atoms with E-state index in [2.05, 4.69) is 27.8 Å². The number of hydrogen-bond donors (Lipinski definition) is 0. The number of nitriles is 3. The van der Waals surface area contributed by atoms with Crippen LogP contribution in [0.25, 0.3) is 0 Å². The number of hydrogen-bond acceptors (Lipinski definition) is 3. The fraction of sp³-hybridized carbons (Fsp3) is 0.812. The second-order valence-electron chi connectivity index (χ2n) is 5.86. The summed E-state index contributed by atoms with van der Waals surface area (Å²) in [5.41, 5.74) is 0. The topological polar surface area (TPSA) is 71.4 Å². The molecule has 5 heteroatoms. The van der Waals surface area contributed by atoms with E-state index in [1.807, 2.05) is 0 Å². The molecule has 0 aliphatic heterocycles. The molecule has 4 nitrogen and oxygen atoms in total. The molecule has 0 aromatic heterocycles. The smallest absolute Gasteiger partial charge is 0.286 e. The molecular formula is C16H31BN4. The van der Waals surface area contributed by atoms with Crippen LogP contribution in [0.15, 0.2) is 0 Å². The summed E-state index contributed by atoms with van der Waals surface area (Å²) in [6.07, 6.45) is 8.20. The van der Waals surface area contributed by atoms with Crippen LogP contribution in [0.3, 0.4) is 0 Å². The van der Waals surface area contributed by atoms with Gasteiger partial charge in [0.05, 0.1) is 26.7 Å².